The molecule has 6 nitrogen and oxygen atoms in total. The Morgan fingerprint density at radius 1 is 1.24 bits per heavy atom. The van der Waals surface area contributed by atoms with Gasteiger partial charge in [0.25, 0.3) is 0 Å². The molecule has 0 aliphatic heterocycles. The lowest BCUT2D eigenvalue weighted by Crippen LogP contribution is -2.36. The zero-order valence-electron chi connectivity index (χ0n) is 15.2. The van der Waals surface area contributed by atoms with Crippen molar-refractivity contribution in [2.75, 3.05) is 7.05 Å². The number of nitrogens with zero attached hydrogens (tertiary/aromatic N) is 3. The molecule has 8 heteroatoms. The minimum absolute atomic E-state index is 0. The smallest absolute Gasteiger partial charge is 0.232 e. The first-order valence-electron chi connectivity index (χ1n) is 7.82. The fourth-order valence-electron chi connectivity index (χ4n) is 1.95. The molecule has 0 saturated heterocycles. The average molecular weight is 461 g/mol. The third kappa shape index (κ3) is 6.26. The summed E-state index contributed by atoms with van der Waals surface area (Å²) in [5, 5.41) is 10.2. The molecule has 0 aliphatic rings. The number of aliphatic imine (C=N–C) groups is 1. The van der Waals surface area contributed by atoms with Crippen molar-refractivity contribution in [3.8, 4) is 0 Å². The quantitative estimate of drug-likeness (QED) is 0.415. The topological polar surface area (TPSA) is 75.3 Å². The Kier molecular flexibility index (Phi) is 7.78. The maximum Gasteiger partial charge on any atom is 0.232 e. The molecule has 0 radical (unpaired) electrons. The van der Waals surface area contributed by atoms with E-state index in [1.54, 1.807) is 20.0 Å². The third-order valence-corrected chi connectivity index (χ3v) is 3.44. The van der Waals surface area contributed by atoms with E-state index in [1.807, 2.05) is 26.8 Å². The Morgan fingerprint density at radius 2 is 1.92 bits per heavy atom. The summed E-state index contributed by atoms with van der Waals surface area (Å²) in [7, 11) is 1.67. The molecule has 1 heterocycles. The maximum absolute atomic E-state index is 13.6. The summed E-state index contributed by atoms with van der Waals surface area (Å²) in [6.45, 7) is 8.64. The van der Waals surface area contributed by atoms with Crippen LogP contribution in [0.5, 0.6) is 0 Å². The van der Waals surface area contributed by atoms with Crippen molar-refractivity contribution in [1.82, 2.24) is 20.8 Å². The second kappa shape index (κ2) is 9.12. The van der Waals surface area contributed by atoms with Crippen molar-refractivity contribution < 1.29 is 8.91 Å². The molecule has 0 spiro atoms. The minimum Gasteiger partial charge on any atom is -0.352 e. The predicted octanol–water partition coefficient (Wildman–Crippen LogP) is 3.30. The lowest BCUT2D eigenvalue weighted by atomic mass is 9.97. The zero-order chi connectivity index (χ0) is 17.7. The van der Waals surface area contributed by atoms with Gasteiger partial charge in [0.05, 0.1) is 6.54 Å². The van der Waals surface area contributed by atoms with Gasteiger partial charge in [-0.2, -0.15) is 4.98 Å². The van der Waals surface area contributed by atoms with Crippen LogP contribution in [-0.2, 0) is 18.5 Å². The van der Waals surface area contributed by atoms with Crippen LogP contribution in [-0.4, -0.2) is 23.1 Å². The molecule has 0 atom stereocenters. The molecule has 1 aromatic carbocycles. The van der Waals surface area contributed by atoms with Crippen molar-refractivity contribution in [1.29, 1.82) is 0 Å². The molecule has 1 aromatic heterocycles. The van der Waals surface area contributed by atoms with Crippen LogP contribution in [0.15, 0.2) is 27.7 Å². The van der Waals surface area contributed by atoms with Crippen LogP contribution in [0.3, 0.4) is 0 Å². The molecule has 2 aromatic rings. The number of benzene rings is 1. The largest absolute Gasteiger partial charge is 0.352 e. The number of halogens is 2. The van der Waals surface area contributed by atoms with Crippen LogP contribution >= 0.6 is 24.0 Å². The molecule has 2 rings (SSSR count). The first-order valence-corrected chi connectivity index (χ1v) is 7.82. The Morgan fingerprint density at radius 3 is 2.48 bits per heavy atom. The number of rotatable bonds is 4. The summed E-state index contributed by atoms with van der Waals surface area (Å²) in [6.07, 6.45) is 0. The van der Waals surface area contributed by atoms with Crippen molar-refractivity contribution in [3.63, 3.8) is 0 Å². The number of guanidine groups is 1. The average Bonchev–Trinajstić information content (AvgIpc) is 3.00. The molecule has 0 bridgehead atoms. The monoisotopic (exact) mass is 461 g/mol. The number of hydrogen-bond acceptors (Lipinski definition) is 4. The third-order valence-electron chi connectivity index (χ3n) is 3.44. The summed E-state index contributed by atoms with van der Waals surface area (Å²) in [6, 6.07) is 5.16. The van der Waals surface area contributed by atoms with E-state index in [1.165, 1.54) is 6.07 Å². The molecule has 0 unspecified atom stereocenters. The molecule has 25 heavy (non-hydrogen) atoms. The Labute approximate surface area is 164 Å². The molecular weight excluding hydrogens is 436 g/mol. The van der Waals surface area contributed by atoms with E-state index in [9.17, 15) is 4.39 Å². The van der Waals surface area contributed by atoms with Crippen LogP contribution in [0.2, 0.25) is 0 Å². The standard InChI is InChI=1S/C17H24FN5O.HI/c1-11-6-7-12(8-13(11)18)9-20-16(19-5)21-10-14-22-15(24-23-14)17(2,3)4;/h6-8H,9-10H2,1-5H3,(H2,19,20,21);1H. The van der Waals surface area contributed by atoms with Crippen molar-refractivity contribution >= 4 is 29.9 Å². The van der Waals surface area contributed by atoms with Gasteiger partial charge in [-0.15, -0.1) is 24.0 Å². The zero-order valence-corrected chi connectivity index (χ0v) is 17.5. The summed E-state index contributed by atoms with van der Waals surface area (Å²) in [5.74, 6) is 1.53. The van der Waals surface area contributed by atoms with Gasteiger partial charge >= 0.3 is 0 Å². The highest BCUT2D eigenvalue weighted by molar-refractivity contribution is 14.0. The lowest BCUT2D eigenvalue weighted by molar-refractivity contribution is 0.318. The summed E-state index contributed by atoms with van der Waals surface area (Å²) in [5.41, 5.74) is 1.30. The normalized spacial score (nSPS) is 11.8. The highest BCUT2D eigenvalue weighted by atomic mass is 127. The molecule has 2 N–H and O–H groups in total. The molecule has 0 fully saturated rings. The van der Waals surface area contributed by atoms with E-state index >= 15 is 0 Å². The Hall–Kier alpha value is -1.71. The van der Waals surface area contributed by atoms with Gasteiger partial charge in [0.2, 0.25) is 5.89 Å². The van der Waals surface area contributed by atoms with E-state index in [0.29, 0.717) is 36.3 Å². The van der Waals surface area contributed by atoms with Gasteiger partial charge in [-0.1, -0.05) is 38.1 Å². The Bertz CT molecular complexity index is 724. The molecule has 0 aliphatic carbocycles. The second-order valence-corrected chi connectivity index (χ2v) is 6.63. The van der Waals surface area contributed by atoms with Crippen LogP contribution in [0.4, 0.5) is 4.39 Å². The van der Waals surface area contributed by atoms with E-state index < -0.39 is 0 Å². The SMILES string of the molecule is CN=C(NCc1ccc(C)c(F)c1)NCc1noc(C(C)(C)C)n1.I. The van der Waals surface area contributed by atoms with Crippen LogP contribution < -0.4 is 10.6 Å². The summed E-state index contributed by atoms with van der Waals surface area (Å²) >= 11 is 0. The Balaban J connectivity index is 0.00000312. The van der Waals surface area contributed by atoms with Gasteiger partial charge in [0.1, 0.15) is 5.82 Å². The highest BCUT2D eigenvalue weighted by Crippen LogP contribution is 2.19. The number of nitrogens with one attached hydrogen (secondary N) is 2. The van der Waals surface area contributed by atoms with E-state index in [2.05, 4.69) is 25.8 Å². The van der Waals surface area contributed by atoms with Crippen LogP contribution in [0.25, 0.3) is 0 Å². The van der Waals surface area contributed by atoms with Gasteiger partial charge < -0.3 is 15.2 Å². The van der Waals surface area contributed by atoms with Gasteiger partial charge in [-0.25, -0.2) is 4.39 Å². The van der Waals surface area contributed by atoms with Gasteiger partial charge in [-0.05, 0) is 24.1 Å². The first kappa shape index (κ1) is 21.3. The number of hydrogen-bond donors (Lipinski definition) is 2. The fourth-order valence-corrected chi connectivity index (χ4v) is 1.95. The fraction of sp³-hybridized carbons (Fsp3) is 0.471. The molecular formula is C17H25FIN5O. The lowest BCUT2D eigenvalue weighted by Gasteiger charge is -2.11. The van der Waals surface area contributed by atoms with Gasteiger partial charge in [-0.3, -0.25) is 4.99 Å². The number of aryl methyl sites for hydroxylation is 1. The van der Waals surface area contributed by atoms with E-state index in [-0.39, 0.29) is 35.2 Å². The highest BCUT2D eigenvalue weighted by Gasteiger charge is 2.21. The molecule has 138 valence electrons. The van der Waals surface area contributed by atoms with Crippen LogP contribution in [0.1, 0.15) is 43.6 Å². The molecule has 0 amide bonds. The summed E-state index contributed by atoms with van der Waals surface area (Å²) < 4.78 is 18.8. The predicted molar refractivity (Wildman–Crippen MR) is 107 cm³/mol. The van der Waals surface area contributed by atoms with E-state index in [0.717, 1.165) is 5.56 Å². The van der Waals surface area contributed by atoms with Gasteiger partial charge in [0.15, 0.2) is 11.8 Å². The van der Waals surface area contributed by atoms with Crippen molar-refractivity contribution in [2.45, 2.75) is 46.2 Å². The second-order valence-electron chi connectivity index (χ2n) is 6.63. The van der Waals surface area contributed by atoms with Gasteiger partial charge in [0, 0.05) is 19.0 Å². The van der Waals surface area contributed by atoms with Crippen molar-refractivity contribution in [2.24, 2.45) is 4.99 Å². The first-order chi connectivity index (χ1) is 11.3. The molecule has 0 saturated carbocycles. The maximum atomic E-state index is 13.6. The summed E-state index contributed by atoms with van der Waals surface area (Å²) in [4.78, 5) is 8.48. The minimum atomic E-state index is -0.209. The van der Waals surface area contributed by atoms with Crippen LogP contribution in [0, 0.1) is 12.7 Å². The number of aromatic nitrogens is 2. The van der Waals surface area contributed by atoms with Crippen molar-refractivity contribution in [3.05, 3.63) is 46.9 Å². The van der Waals surface area contributed by atoms with E-state index in [4.69, 9.17) is 4.52 Å².